The van der Waals surface area contributed by atoms with Gasteiger partial charge in [-0.3, -0.25) is 14.7 Å². The van der Waals surface area contributed by atoms with Crippen molar-refractivity contribution in [2.75, 3.05) is 19.1 Å². The van der Waals surface area contributed by atoms with E-state index in [1.165, 1.54) is 11.3 Å². The van der Waals surface area contributed by atoms with Gasteiger partial charge in [0.1, 0.15) is 21.7 Å². The molecule has 0 unspecified atom stereocenters. The van der Waals surface area contributed by atoms with Gasteiger partial charge in [0.25, 0.3) is 5.91 Å². The van der Waals surface area contributed by atoms with Crippen molar-refractivity contribution in [2.24, 2.45) is 0 Å². The van der Waals surface area contributed by atoms with Gasteiger partial charge in [0.15, 0.2) is 5.13 Å². The first-order valence-corrected chi connectivity index (χ1v) is 12.2. The molecule has 1 amide bonds. The number of methoxy groups -OCH3 is 2. The molecule has 0 fully saturated rings. The number of hydrogen-bond acceptors (Lipinski definition) is 7. The molecule has 2 heterocycles. The van der Waals surface area contributed by atoms with E-state index >= 15 is 0 Å². The molecule has 0 bridgehead atoms. The maximum atomic E-state index is 13.8. The number of ether oxygens (including phenoxy) is 2. The lowest BCUT2D eigenvalue weighted by molar-refractivity contribution is 0.0985. The van der Waals surface area contributed by atoms with Gasteiger partial charge in [-0.2, -0.15) is 0 Å². The normalized spacial score (nSPS) is 11.1. The molecule has 6 nitrogen and oxygen atoms in total. The Hall–Kier alpha value is -3.10. The van der Waals surface area contributed by atoms with Gasteiger partial charge >= 0.3 is 0 Å². The Morgan fingerprint density at radius 2 is 1.88 bits per heavy atom. The number of thiazole rings is 1. The third kappa shape index (κ3) is 5.12. The molecule has 0 aliphatic carbocycles. The van der Waals surface area contributed by atoms with Crippen LogP contribution in [-0.2, 0) is 6.54 Å². The van der Waals surface area contributed by atoms with E-state index in [1.807, 2.05) is 48.5 Å². The molecular weight excluding hydrogens is 454 g/mol. The van der Waals surface area contributed by atoms with Crippen LogP contribution >= 0.6 is 23.1 Å². The molecule has 0 atom stereocenters. The van der Waals surface area contributed by atoms with Gasteiger partial charge < -0.3 is 9.47 Å². The van der Waals surface area contributed by atoms with Gasteiger partial charge in [-0.05, 0) is 42.0 Å². The first-order valence-electron chi connectivity index (χ1n) is 10.5. The number of aromatic nitrogens is 2. The molecular formula is C25H25N3O3S2. The average molecular weight is 480 g/mol. The quantitative estimate of drug-likeness (QED) is 0.286. The van der Waals surface area contributed by atoms with Crippen LogP contribution in [-0.4, -0.2) is 35.3 Å². The Balaban J connectivity index is 1.80. The van der Waals surface area contributed by atoms with Crippen LogP contribution in [0.1, 0.15) is 29.8 Å². The van der Waals surface area contributed by atoms with E-state index in [4.69, 9.17) is 14.5 Å². The van der Waals surface area contributed by atoms with Crippen molar-refractivity contribution in [3.63, 3.8) is 0 Å². The fraction of sp³-hybridized carbons (Fsp3) is 0.240. The van der Waals surface area contributed by atoms with E-state index in [-0.39, 0.29) is 5.91 Å². The zero-order valence-corrected chi connectivity index (χ0v) is 20.6. The van der Waals surface area contributed by atoms with Crippen LogP contribution in [0.3, 0.4) is 0 Å². The number of amides is 1. The van der Waals surface area contributed by atoms with Gasteiger partial charge in [0.05, 0.1) is 20.8 Å². The van der Waals surface area contributed by atoms with Crippen LogP contribution in [0.2, 0.25) is 0 Å². The van der Waals surface area contributed by atoms with Crippen molar-refractivity contribution in [3.8, 4) is 11.5 Å². The highest BCUT2D eigenvalue weighted by molar-refractivity contribution is 7.99. The van der Waals surface area contributed by atoms with E-state index in [2.05, 4.69) is 18.8 Å². The van der Waals surface area contributed by atoms with E-state index in [0.717, 1.165) is 15.2 Å². The number of thioether (sulfide) groups is 1. The van der Waals surface area contributed by atoms with E-state index in [0.29, 0.717) is 39.5 Å². The van der Waals surface area contributed by atoms with Crippen LogP contribution < -0.4 is 14.4 Å². The topological polar surface area (TPSA) is 64.6 Å². The molecule has 2 aromatic heterocycles. The third-order valence-electron chi connectivity index (χ3n) is 4.89. The molecule has 0 aliphatic heterocycles. The summed E-state index contributed by atoms with van der Waals surface area (Å²) in [5.41, 5.74) is 2.20. The van der Waals surface area contributed by atoms with Gasteiger partial charge in [-0.25, -0.2) is 4.98 Å². The summed E-state index contributed by atoms with van der Waals surface area (Å²) in [5, 5.41) is 0.995. The molecule has 4 aromatic rings. The van der Waals surface area contributed by atoms with Gasteiger partial charge in [-0.1, -0.05) is 37.3 Å². The summed E-state index contributed by atoms with van der Waals surface area (Å²) in [6.45, 7) is 4.62. The third-order valence-corrected chi connectivity index (χ3v) is 6.98. The highest BCUT2D eigenvalue weighted by Crippen LogP contribution is 2.40. The van der Waals surface area contributed by atoms with E-state index in [1.54, 1.807) is 43.3 Å². The molecule has 0 spiro atoms. The summed E-state index contributed by atoms with van der Waals surface area (Å²) in [6, 6.07) is 15.2. The minimum Gasteiger partial charge on any atom is -0.495 e. The van der Waals surface area contributed by atoms with Gasteiger partial charge in [-0.15, -0.1) is 11.8 Å². The molecule has 0 saturated heterocycles. The second-order valence-corrected chi connectivity index (χ2v) is 10.2. The summed E-state index contributed by atoms with van der Waals surface area (Å²) in [4.78, 5) is 25.5. The molecule has 2 aromatic carbocycles. The summed E-state index contributed by atoms with van der Waals surface area (Å²) < 4.78 is 11.9. The molecule has 8 heteroatoms. The first kappa shape index (κ1) is 23.1. The predicted molar refractivity (Wildman–Crippen MR) is 135 cm³/mol. The SMILES string of the molecule is COc1ccc(OC)c2sc(N(Cc3cccnc3)C(=O)c3cccc(SC(C)C)c3)nc12. The number of carbonyl (C=O) groups is 1. The second-order valence-electron chi connectivity index (χ2n) is 7.59. The Labute approximate surface area is 201 Å². The van der Waals surface area contributed by atoms with Crippen molar-refractivity contribution in [1.29, 1.82) is 0 Å². The fourth-order valence-corrected chi connectivity index (χ4v) is 5.39. The number of benzene rings is 2. The lowest BCUT2D eigenvalue weighted by Crippen LogP contribution is -2.30. The lowest BCUT2D eigenvalue weighted by atomic mass is 10.2. The van der Waals surface area contributed by atoms with Crippen LogP contribution in [0.5, 0.6) is 11.5 Å². The number of anilines is 1. The maximum absolute atomic E-state index is 13.8. The highest BCUT2D eigenvalue weighted by Gasteiger charge is 2.24. The number of rotatable bonds is 8. The van der Waals surface area contributed by atoms with Crippen molar-refractivity contribution in [2.45, 2.75) is 30.5 Å². The van der Waals surface area contributed by atoms with Crippen LogP contribution in [0, 0.1) is 0 Å². The summed E-state index contributed by atoms with van der Waals surface area (Å²) >= 11 is 3.13. The minimum absolute atomic E-state index is 0.123. The molecule has 0 aliphatic rings. The number of fused-ring (bicyclic) bond motifs is 1. The Bertz CT molecular complexity index is 1220. The zero-order chi connectivity index (χ0) is 23.4. The molecule has 0 radical (unpaired) electrons. The molecule has 0 N–H and O–H groups in total. The Morgan fingerprint density at radius 3 is 2.58 bits per heavy atom. The predicted octanol–water partition coefficient (Wildman–Crippen LogP) is 6.06. The first-order chi connectivity index (χ1) is 16.0. The smallest absolute Gasteiger partial charge is 0.260 e. The van der Waals surface area contributed by atoms with Crippen LogP contribution in [0.25, 0.3) is 10.2 Å². The molecule has 33 heavy (non-hydrogen) atoms. The van der Waals surface area contributed by atoms with Crippen molar-refractivity contribution in [3.05, 3.63) is 72.1 Å². The van der Waals surface area contributed by atoms with Crippen LogP contribution in [0.4, 0.5) is 5.13 Å². The number of hydrogen-bond donors (Lipinski definition) is 0. The summed E-state index contributed by atoms with van der Waals surface area (Å²) in [7, 11) is 3.23. The fourth-order valence-electron chi connectivity index (χ4n) is 3.42. The minimum atomic E-state index is -0.123. The lowest BCUT2D eigenvalue weighted by Gasteiger charge is -2.20. The average Bonchev–Trinajstić information content (AvgIpc) is 3.27. The molecule has 4 rings (SSSR count). The molecule has 0 saturated carbocycles. The van der Waals surface area contributed by atoms with Gasteiger partial charge in [0, 0.05) is 28.1 Å². The number of pyridine rings is 1. The number of nitrogens with zero attached hydrogens (tertiary/aromatic N) is 3. The number of carbonyl (C=O) groups excluding carboxylic acids is 1. The van der Waals surface area contributed by atoms with Crippen molar-refractivity contribution in [1.82, 2.24) is 9.97 Å². The van der Waals surface area contributed by atoms with Crippen LogP contribution in [0.15, 0.2) is 65.8 Å². The Morgan fingerprint density at radius 1 is 1.09 bits per heavy atom. The largest absolute Gasteiger partial charge is 0.495 e. The second kappa shape index (κ2) is 10.2. The standard InChI is InChI=1S/C25H25N3O3S2/c1-16(2)32-19-9-5-8-18(13-19)24(29)28(15-17-7-6-12-26-14-17)25-27-22-20(30-3)10-11-21(31-4)23(22)33-25/h5-14,16H,15H2,1-4H3. The summed E-state index contributed by atoms with van der Waals surface area (Å²) in [6.07, 6.45) is 3.48. The van der Waals surface area contributed by atoms with Gasteiger partial charge in [0.2, 0.25) is 0 Å². The van der Waals surface area contributed by atoms with E-state index < -0.39 is 0 Å². The monoisotopic (exact) mass is 479 g/mol. The molecule has 170 valence electrons. The van der Waals surface area contributed by atoms with E-state index in [9.17, 15) is 4.79 Å². The van der Waals surface area contributed by atoms with Crippen molar-refractivity contribution >= 4 is 44.4 Å². The maximum Gasteiger partial charge on any atom is 0.260 e. The summed E-state index contributed by atoms with van der Waals surface area (Å²) in [5.74, 6) is 1.21. The van der Waals surface area contributed by atoms with Crippen molar-refractivity contribution < 1.29 is 14.3 Å². The zero-order valence-electron chi connectivity index (χ0n) is 18.9. The highest BCUT2D eigenvalue weighted by atomic mass is 32.2. The Kier molecular flexibility index (Phi) is 7.15.